The van der Waals surface area contributed by atoms with E-state index in [4.69, 9.17) is 5.41 Å². The van der Waals surface area contributed by atoms with E-state index in [-0.39, 0.29) is 0 Å². The second kappa shape index (κ2) is 4.54. The first-order chi connectivity index (χ1) is 8.13. The first-order valence-electron chi connectivity index (χ1n) is 5.81. The van der Waals surface area contributed by atoms with Gasteiger partial charge in [-0.3, -0.25) is 0 Å². The minimum atomic E-state index is 0.941. The van der Waals surface area contributed by atoms with Gasteiger partial charge in [-0.05, 0) is 54.2 Å². The van der Waals surface area contributed by atoms with Crippen LogP contribution < -0.4 is 0 Å². The van der Waals surface area contributed by atoms with E-state index in [1.807, 2.05) is 12.1 Å². The molecule has 1 N–H and O–H groups in total. The van der Waals surface area contributed by atoms with Crippen molar-refractivity contribution in [1.29, 1.82) is 5.41 Å². The Balaban J connectivity index is 2.59. The molecule has 0 aliphatic rings. The average molecular weight is 223 g/mol. The van der Waals surface area contributed by atoms with Crippen molar-refractivity contribution in [2.75, 3.05) is 0 Å². The number of nitrogens with one attached hydrogen (secondary N) is 1. The van der Waals surface area contributed by atoms with Gasteiger partial charge in [0.2, 0.25) is 0 Å². The van der Waals surface area contributed by atoms with Crippen LogP contribution in [0.25, 0.3) is 11.1 Å². The number of hydrogen-bond donors (Lipinski definition) is 1. The van der Waals surface area contributed by atoms with E-state index in [1.165, 1.54) is 34.0 Å². The molecular weight excluding hydrogens is 206 g/mol. The molecule has 0 bridgehead atoms. The average Bonchev–Trinajstić information content (AvgIpc) is 2.35. The summed E-state index contributed by atoms with van der Waals surface area (Å²) in [6.07, 6.45) is 1.37. The first kappa shape index (κ1) is 11.6. The van der Waals surface area contributed by atoms with E-state index in [2.05, 4.69) is 45.0 Å². The molecule has 0 unspecified atom stereocenters. The van der Waals surface area contributed by atoms with Gasteiger partial charge in [0.05, 0.1) is 0 Å². The van der Waals surface area contributed by atoms with Crippen molar-refractivity contribution < 1.29 is 0 Å². The third-order valence-corrected chi connectivity index (χ3v) is 3.31. The summed E-state index contributed by atoms with van der Waals surface area (Å²) in [4.78, 5) is 0. The molecule has 0 radical (unpaired) electrons. The van der Waals surface area contributed by atoms with Crippen molar-refractivity contribution in [3.05, 3.63) is 58.7 Å². The van der Waals surface area contributed by atoms with Crippen molar-refractivity contribution in [3.8, 4) is 11.1 Å². The van der Waals surface area contributed by atoms with Gasteiger partial charge in [0, 0.05) is 6.21 Å². The second-order valence-electron chi connectivity index (χ2n) is 4.47. The highest BCUT2D eigenvalue weighted by Gasteiger charge is 2.07. The molecule has 86 valence electrons. The Kier molecular flexibility index (Phi) is 3.10. The highest BCUT2D eigenvalue weighted by molar-refractivity contribution is 5.80. The van der Waals surface area contributed by atoms with Crippen LogP contribution in [-0.2, 0) is 0 Å². The third kappa shape index (κ3) is 2.14. The van der Waals surface area contributed by atoms with E-state index in [1.54, 1.807) is 0 Å². The second-order valence-corrected chi connectivity index (χ2v) is 4.47. The summed E-state index contributed by atoms with van der Waals surface area (Å²) in [7, 11) is 0. The molecule has 0 aliphatic heterocycles. The summed E-state index contributed by atoms with van der Waals surface area (Å²) in [6, 6.07) is 12.5. The molecule has 0 amide bonds. The summed E-state index contributed by atoms with van der Waals surface area (Å²) in [5.41, 5.74) is 7.46. The third-order valence-electron chi connectivity index (χ3n) is 3.31. The monoisotopic (exact) mass is 223 g/mol. The number of hydrogen-bond acceptors (Lipinski definition) is 1. The maximum Gasteiger partial charge on any atom is 0.0250 e. The fraction of sp³-hybridized carbons (Fsp3) is 0.188. The predicted octanol–water partition coefficient (Wildman–Crippen LogP) is 4.28. The minimum Gasteiger partial charge on any atom is -0.308 e. The quantitative estimate of drug-likeness (QED) is 0.735. The number of rotatable bonds is 2. The predicted molar refractivity (Wildman–Crippen MR) is 74.0 cm³/mol. The lowest BCUT2D eigenvalue weighted by Gasteiger charge is -2.12. The smallest absolute Gasteiger partial charge is 0.0250 e. The maximum atomic E-state index is 7.21. The molecule has 0 saturated heterocycles. The van der Waals surface area contributed by atoms with Gasteiger partial charge in [0.1, 0.15) is 0 Å². The largest absolute Gasteiger partial charge is 0.308 e. The molecule has 0 aromatic heterocycles. The van der Waals surface area contributed by atoms with Crippen molar-refractivity contribution >= 4 is 6.21 Å². The lowest BCUT2D eigenvalue weighted by molar-refractivity contribution is 1.30. The van der Waals surface area contributed by atoms with Crippen molar-refractivity contribution in [2.45, 2.75) is 20.8 Å². The normalized spacial score (nSPS) is 10.3. The van der Waals surface area contributed by atoms with Gasteiger partial charge in [0.15, 0.2) is 0 Å². The van der Waals surface area contributed by atoms with Crippen LogP contribution in [0.5, 0.6) is 0 Å². The molecule has 17 heavy (non-hydrogen) atoms. The molecular formula is C16H17N. The van der Waals surface area contributed by atoms with Gasteiger partial charge in [-0.2, -0.15) is 0 Å². The molecule has 1 heteroatoms. The van der Waals surface area contributed by atoms with Crippen LogP contribution >= 0.6 is 0 Å². The zero-order chi connectivity index (χ0) is 12.4. The Hall–Kier alpha value is -1.89. The van der Waals surface area contributed by atoms with Crippen molar-refractivity contribution in [3.63, 3.8) is 0 Å². The zero-order valence-corrected chi connectivity index (χ0v) is 10.5. The van der Waals surface area contributed by atoms with E-state index in [0.717, 1.165) is 5.56 Å². The van der Waals surface area contributed by atoms with Gasteiger partial charge >= 0.3 is 0 Å². The highest BCUT2D eigenvalue weighted by Crippen LogP contribution is 2.29. The Morgan fingerprint density at radius 2 is 1.41 bits per heavy atom. The van der Waals surface area contributed by atoms with Crippen LogP contribution in [0.3, 0.4) is 0 Å². The van der Waals surface area contributed by atoms with Crippen molar-refractivity contribution in [2.24, 2.45) is 0 Å². The van der Waals surface area contributed by atoms with Gasteiger partial charge in [-0.25, -0.2) is 0 Å². The van der Waals surface area contributed by atoms with E-state index in [0.29, 0.717) is 0 Å². The maximum absolute atomic E-state index is 7.21. The highest BCUT2D eigenvalue weighted by atomic mass is 14.3. The molecule has 0 atom stereocenters. The molecule has 0 spiro atoms. The standard InChI is InChI=1S/C16H17N/c1-11-4-5-12(2)16(13(11)3)15-8-6-14(10-17)7-9-15/h4-10,17H,1-3H3. The lowest BCUT2D eigenvalue weighted by atomic mass is 9.92. The van der Waals surface area contributed by atoms with Crippen LogP contribution in [-0.4, -0.2) is 6.21 Å². The number of benzene rings is 2. The van der Waals surface area contributed by atoms with Crippen LogP contribution in [0.4, 0.5) is 0 Å². The first-order valence-corrected chi connectivity index (χ1v) is 5.81. The lowest BCUT2D eigenvalue weighted by Crippen LogP contribution is -1.91. The zero-order valence-electron chi connectivity index (χ0n) is 10.5. The molecule has 2 aromatic rings. The van der Waals surface area contributed by atoms with Crippen LogP contribution in [0.15, 0.2) is 36.4 Å². The summed E-state index contributed by atoms with van der Waals surface area (Å²) >= 11 is 0. The minimum absolute atomic E-state index is 0.941. The molecule has 2 rings (SSSR count). The van der Waals surface area contributed by atoms with Crippen LogP contribution in [0.1, 0.15) is 22.3 Å². The summed E-state index contributed by atoms with van der Waals surface area (Å²) < 4.78 is 0. The molecule has 1 nitrogen and oxygen atoms in total. The van der Waals surface area contributed by atoms with E-state index in [9.17, 15) is 0 Å². The van der Waals surface area contributed by atoms with E-state index >= 15 is 0 Å². The molecule has 2 aromatic carbocycles. The number of aryl methyl sites for hydroxylation is 2. The van der Waals surface area contributed by atoms with E-state index < -0.39 is 0 Å². The Morgan fingerprint density at radius 1 is 0.824 bits per heavy atom. The van der Waals surface area contributed by atoms with Crippen molar-refractivity contribution in [1.82, 2.24) is 0 Å². The SMILES string of the molecule is Cc1ccc(C)c(-c2ccc(C=N)cc2)c1C. The molecule has 0 heterocycles. The summed E-state index contributed by atoms with van der Waals surface area (Å²) in [5, 5.41) is 7.21. The Bertz CT molecular complexity index is 550. The summed E-state index contributed by atoms with van der Waals surface area (Å²) in [6.45, 7) is 6.46. The Morgan fingerprint density at radius 3 is 2.00 bits per heavy atom. The molecule has 0 fully saturated rings. The fourth-order valence-corrected chi connectivity index (χ4v) is 2.14. The van der Waals surface area contributed by atoms with Gasteiger partial charge < -0.3 is 5.41 Å². The fourth-order valence-electron chi connectivity index (χ4n) is 2.14. The van der Waals surface area contributed by atoms with Gasteiger partial charge in [-0.1, -0.05) is 36.4 Å². The van der Waals surface area contributed by atoms with Crippen LogP contribution in [0.2, 0.25) is 0 Å². The molecule has 0 saturated carbocycles. The summed E-state index contributed by atoms with van der Waals surface area (Å²) in [5.74, 6) is 0. The van der Waals surface area contributed by atoms with Gasteiger partial charge in [-0.15, -0.1) is 0 Å². The van der Waals surface area contributed by atoms with Crippen LogP contribution in [0, 0.1) is 26.2 Å². The van der Waals surface area contributed by atoms with Gasteiger partial charge in [0.25, 0.3) is 0 Å². The Labute approximate surface area is 103 Å². The molecule has 0 aliphatic carbocycles. The topological polar surface area (TPSA) is 23.9 Å².